The van der Waals surface area contributed by atoms with Crippen molar-refractivity contribution in [3.05, 3.63) is 35.9 Å². The Morgan fingerprint density at radius 3 is 2.65 bits per heavy atom. The first kappa shape index (κ1) is 17.5. The third-order valence-corrected chi connectivity index (χ3v) is 4.26. The third kappa shape index (κ3) is 4.79. The van der Waals surface area contributed by atoms with Gasteiger partial charge in [0.25, 0.3) is 0 Å². The molecule has 0 spiro atoms. The van der Waals surface area contributed by atoms with Crippen molar-refractivity contribution in [1.29, 1.82) is 0 Å². The molecule has 23 heavy (non-hydrogen) atoms. The van der Waals surface area contributed by atoms with Crippen LogP contribution in [0.5, 0.6) is 0 Å². The average molecular weight is 318 g/mol. The van der Waals surface area contributed by atoms with E-state index in [2.05, 4.69) is 22.3 Å². The number of hydrogen-bond donors (Lipinski definition) is 1. The van der Waals surface area contributed by atoms with Crippen LogP contribution in [0, 0.1) is 5.92 Å². The van der Waals surface area contributed by atoms with Crippen LogP contribution in [0.3, 0.4) is 0 Å². The molecule has 1 amide bonds. The van der Waals surface area contributed by atoms with Crippen LogP contribution in [0.2, 0.25) is 0 Å². The Balaban J connectivity index is 1.92. The van der Waals surface area contributed by atoms with Crippen LogP contribution < -0.4 is 5.32 Å². The number of esters is 1. The largest absolute Gasteiger partial charge is 0.467 e. The molecule has 0 bridgehead atoms. The van der Waals surface area contributed by atoms with Gasteiger partial charge in [-0.05, 0) is 38.8 Å². The van der Waals surface area contributed by atoms with E-state index in [1.54, 1.807) is 13.8 Å². The van der Waals surface area contributed by atoms with E-state index in [1.165, 1.54) is 12.7 Å². The van der Waals surface area contributed by atoms with E-state index in [4.69, 9.17) is 4.74 Å². The third-order valence-electron chi connectivity index (χ3n) is 4.26. The van der Waals surface area contributed by atoms with Crippen LogP contribution in [-0.2, 0) is 20.9 Å². The van der Waals surface area contributed by atoms with Gasteiger partial charge in [-0.25, -0.2) is 4.79 Å². The van der Waals surface area contributed by atoms with Crippen LogP contribution in [0.15, 0.2) is 30.3 Å². The van der Waals surface area contributed by atoms with Crippen molar-refractivity contribution in [3.63, 3.8) is 0 Å². The number of nitrogens with zero attached hydrogens (tertiary/aromatic N) is 1. The van der Waals surface area contributed by atoms with E-state index in [-0.39, 0.29) is 11.8 Å². The maximum absolute atomic E-state index is 12.5. The Morgan fingerprint density at radius 1 is 1.30 bits per heavy atom. The van der Waals surface area contributed by atoms with Crippen molar-refractivity contribution >= 4 is 11.9 Å². The monoisotopic (exact) mass is 318 g/mol. The molecule has 1 heterocycles. The maximum atomic E-state index is 12.5. The number of benzene rings is 1. The Morgan fingerprint density at radius 2 is 2.00 bits per heavy atom. The predicted octanol–water partition coefficient (Wildman–Crippen LogP) is 1.97. The summed E-state index contributed by atoms with van der Waals surface area (Å²) in [5, 5.41) is 2.82. The van der Waals surface area contributed by atoms with Crippen molar-refractivity contribution < 1.29 is 14.3 Å². The number of carbonyl (C=O) groups is 2. The minimum Gasteiger partial charge on any atom is -0.467 e. The molecule has 1 aromatic rings. The molecule has 5 nitrogen and oxygen atoms in total. The number of likely N-dealkylation sites (tertiary alicyclic amines) is 1. The van der Waals surface area contributed by atoms with Crippen molar-refractivity contribution in [1.82, 2.24) is 10.2 Å². The lowest BCUT2D eigenvalue weighted by atomic mass is 9.95. The van der Waals surface area contributed by atoms with Gasteiger partial charge in [0.05, 0.1) is 13.0 Å². The topological polar surface area (TPSA) is 58.6 Å². The summed E-state index contributed by atoms with van der Waals surface area (Å²) in [6, 6.07) is 10.3. The highest BCUT2D eigenvalue weighted by Crippen LogP contribution is 2.20. The highest BCUT2D eigenvalue weighted by atomic mass is 16.5. The van der Waals surface area contributed by atoms with Gasteiger partial charge in [-0.15, -0.1) is 0 Å². The first-order valence-electron chi connectivity index (χ1n) is 8.09. The number of piperidine rings is 1. The smallest absolute Gasteiger partial charge is 0.330 e. The lowest BCUT2D eigenvalue weighted by Crippen LogP contribution is -2.54. The van der Waals surface area contributed by atoms with E-state index < -0.39 is 11.5 Å². The predicted molar refractivity (Wildman–Crippen MR) is 88.7 cm³/mol. The SMILES string of the molecule is COC(=O)C(C)(C)NC(=O)[C@H]1CCCN(Cc2ccccc2)C1. The van der Waals surface area contributed by atoms with Crippen molar-refractivity contribution in [2.24, 2.45) is 5.92 Å². The molecule has 1 aliphatic heterocycles. The summed E-state index contributed by atoms with van der Waals surface area (Å²) in [4.78, 5) is 26.5. The van der Waals surface area contributed by atoms with Gasteiger partial charge < -0.3 is 10.1 Å². The number of ether oxygens (including phenoxy) is 1. The Bertz CT molecular complexity index is 542. The van der Waals surface area contributed by atoms with Crippen molar-refractivity contribution in [3.8, 4) is 0 Å². The Hall–Kier alpha value is -1.88. The molecule has 0 radical (unpaired) electrons. The molecule has 0 saturated carbocycles. The Kier molecular flexibility index (Phi) is 5.77. The fourth-order valence-electron chi connectivity index (χ4n) is 2.97. The molecule has 1 N–H and O–H groups in total. The molecule has 1 atom stereocenters. The molecule has 1 aliphatic rings. The van der Waals surface area contributed by atoms with E-state index in [0.29, 0.717) is 0 Å². The van der Waals surface area contributed by atoms with Gasteiger partial charge in [0.2, 0.25) is 5.91 Å². The summed E-state index contributed by atoms with van der Waals surface area (Å²) < 4.78 is 4.74. The second kappa shape index (κ2) is 7.59. The molecule has 2 rings (SSSR count). The average Bonchev–Trinajstić information content (AvgIpc) is 2.54. The highest BCUT2D eigenvalue weighted by molar-refractivity contribution is 5.88. The van der Waals surface area contributed by atoms with Gasteiger partial charge in [0.1, 0.15) is 5.54 Å². The molecule has 1 fully saturated rings. The number of rotatable bonds is 5. The van der Waals surface area contributed by atoms with Gasteiger partial charge in [0, 0.05) is 13.1 Å². The zero-order valence-corrected chi connectivity index (χ0v) is 14.2. The molecule has 0 unspecified atom stereocenters. The maximum Gasteiger partial charge on any atom is 0.330 e. The van der Waals surface area contributed by atoms with Crippen LogP contribution >= 0.6 is 0 Å². The summed E-state index contributed by atoms with van der Waals surface area (Å²) in [6.45, 7) is 5.91. The number of methoxy groups -OCH3 is 1. The first-order valence-corrected chi connectivity index (χ1v) is 8.09. The van der Waals surface area contributed by atoms with E-state index in [0.717, 1.165) is 32.5 Å². The number of carbonyl (C=O) groups excluding carboxylic acids is 2. The highest BCUT2D eigenvalue weighted by Gasteiger charge is 2.34. The van der Waals surface area contributed by atoms with Crippen LogP contribution in [-0.4, -0.2) is 42.5 Å². The number of hydrogen-bond acceptors (Lipinski definition) is 4. The summed E-state index contributed by atoms with van der Waals surface area (Å²) in [5.41, 5.74) is 0.261. The molecule has 0 aromatic heterocycles. The van der Waals surface area contributed by atoms with E-state index >= 15 is 0 Å². The summed E-state index contributed by atoms with van der Waals surface area (Å²) in [6.07, 6.45) is 1.85. The normalized spacial score (nSPS) is 19.2. The lowest BCUT2D eigenvalue weighted by molar-refractivity contribution is -0.150. The number of nitrogens with one attached hydrogen (secondary N) is 1. The fraction of sp³-hybridized carbons (Fsp3) is 0.556. The zero-order valence-electron chi connectivity index (χ0n) is 14.2. The van der Waals surface area contributed by atoms with Gasteiger partial charge >= 0.3 is 5.97 Å². The Labute approximate surface area is 138 Å². The molecular weight excluding hydrogens is 292 g/mol. The lowest BCUT2D eigenvalue weighted by Gasteiger charge is -2.34. The van der Waals surface area contributed by atoms with Gasteiger partial charge in [-0.2, -0.15) is 0 Å². The molecule has 126 valence electrons. The second-order valence-electron chi connectivity index (χ2n) is 6.67. The quantitative estimate of drug-likeness (QED) is 0.843. The van der Waals surface area contributed by atoms with Crippen LogP contribution in [0.1, 0.15) is 32.3 Å². The minimum absolute atomic E-state index is 0.0711. The second-order valence-corrected chi connectivity index (χ2v) is 6.67. The summed E-state index contributed by atoms with van der Waals surface area (Å²) >= 11 is 0. The zero-order chi connectivity index (χ0) is 16.9. The number of amides is 1. The fourth-order valence-corrected chi connectivity index (χ4v) is 2.97. The molecule has 5 heteroatoms. The summed E-state index contributed by atoms with van der Waals surface area (Å²) in [7, 11) is 1.33. The molecule has 1 saturated heterocycles. The minimum atomic E-state index is -0.993. The van der Waals surface area contributed by atoms with Crippen LogP contribution in [0.4, 0.5) is 0 Å². The van der Waals surface area contributed by atoms with Gasteiger partial charge in [0.15, 0.2) is 0 Å². The standard InChI is InChI=1S/C18H26N2O3/c1-18(2,17(22)23-3)19-16(21)15-10-7-11-20(13-15)12-14-8-5-4-6-9-14/h4-6,8-9,15H,7,10-13H2,1-3H3,(H,19,21)/t15-/m0/s1. The van der Waals surface area contributed by atoms with E-state index in [9.17, 15) is 9.59 Å². The summed E-state index contributed by atoms with van der Waals surface area (Å²) in [5.74, 6) is -0.586. The molecular formula is C18H26N2O3. The van der Waals surface area contributed by atoms with Crippen LogP contribution in [0.25, 0.3) is 0 Å². The molecule has 0 aliphatic carbocycles. The van der Waals surface area contributed by atoms with Gasteiger partial charge in [-0.3, -0.25) is 9.69 Å². The first-order chi connectivity index (χ1) is 10.9. The van der Waals surface area contributed by atoms with E-state index in [1.807, 2.05) is 18.2 Å². The van der Waals surface area contributed by atoms with Crippen molar-refractivity contribution in [2.75, 3.05) is 20.2 Å². The van der Waals surface area contributed by atoms with Gasteiger partial charge in [-0.1, -0.05) is 30.3 Å². The molecule has 1 aromatic carbocycles. The van der Waals surface area contributed by atoms with Crippen molar-refractivity contribution in [2.45, 2.75) is 38.8 Å².